The molecule has 1 N–H and O–H groups in total. The van der Waals surface area contributed by atoms with Crippen molar-refractivity contribution in [3.8, 4) is 0 Å². The molecule has 4 rings (SSSR count). The van der Waals surface area contributed by atoms with Crippen molar-refractivity contribution in [3.63, 3.8) is 0 Å². The maximum absolute atomic E-state index is 13.8. The minimum Gasteiger partial charge on any atom is -0.469 e. The van der Waals surface area contributed by atoms with Crippen LogP contribution in [0.5, 0.6) is 0 Å². The largest absolute Gasteiger partial charge is 0.469 e. The lowest BCUT2D eigenvalue weighted by atomic mass is 9.75. The molecule has 21 heavy (non-hydrogen) atoms. The summed E-state index contributed by atoms with van der Waals surface area (Å²) in [6, 6.07) is 10.2. The highest BCUT2D eigenvalue weighted by molar-refractivity contribution is 5.27. The predicted molar refractivity (Wildman–Crippen MR) is 79.7 cm³/mol. The second kappa shape index (κ2) is 5.30. The highest BCUT2D eigenvalue weighted by Crippen LogP contribution is 2.40. The number of halogens is 1. The fourth-order valence-electron chi connectivity index (χ4n) is 3.76. The summed E-state index contributed by atoms with van der Waals surface area (Å²) in [4.78, 5) is 0. The Balaban J connectivity index is 1.39. The summed E-state index contributed by atoms with van der Waals surface area (Å²) in [5.41, 5.74) is 2.21. The smallest absolute Gasteiger partial charge is 0.126 e. The highest BCUT2D eigenvalue weighted by Gasteiger charge is 2.34. The number of furan rings is 1. The summed E-state index contributed by atoms with van der Waals surface area (Å²) in [5, 5.41) is 3.73. The molecule has 1 unspecified atom stereocenters. The number of hydrogen-bond acceptors (Lipinski definition) is 2. The molecular weight excluding hydrogens is 265 g/mol. The normalized spacial score (nSPS) is 28.0. The van der Waals surface area contributed by atoms with Crippen molar-refractivity contribution in [2.24, 2.45) is 0 Å². The molecule has 2 aliphatic rings. The van der Waals surface area contributed by atoms with Gasteiger partial charge in [-0.3, -0.25) is 0 Å². The van der Waals surface area contributed by atoms with E-state index in [-0.39, 0.29) is 5.82 Å². The summed E-state index contributed by atoms with van der Waals surface area (Å²) in [6.45, 7) is 0. The van der Waals surface area contributed by atoms with E-state index in [0.717, 1.165) is 30.6 Å². The van der Waals surface area contributed by atoms with E-state index in [1.54, 1.807) is 18.4 Å². The van der Waals surface area contributed by atoms with Crippen molar-refractivity contribution < 1.29 is 8.81 Å². The van der Waals surface area contributed by atoms with E-state index in [0.29, 0.717) is 18.0 Å². The van der Waals surface area contributed by atoms with Gasteiger partial charge < -0.3 is 9.73 Å². The molecule has 2 nitrogen and oxygen atoms in total. The third kappa shape index (κ3) is 2.40. The summed E-state index contributed by atoms with van der Waals surface area (Å²) in [6.07, 6.45) is 7.28. The standard InChI is InChI=1S/C18H20FNO/c19-16-5-2-1-4-14(16)12-10-13(11-12)20-17-6-3-7-18-15(17)8-9-21-18/h1-2,4-5,8-9,12-13,17,20H,3,6-7,10-11H2. The lowest BCUT2D eigenvalue weighted by Gasteiger charge is -2.39. The zero-order valence-electron chi connectivity index (χ0n) is 12.0. The van der Waals surface area contributed by atoms with Crippen LogP contribution in [0, 0.1) is 5.82 Å². The fraction of sp³-hybridized carbons (Fsp3) is 0.444. The van der Waals surface area contributed by atoms with Crippen LogP contribution >= 0.6 is 0 Å². The highest BCUT2D eigenvalue weighted by atomic mass is 19.1. The first kappa shape index (κ1) is 13.1. The molecule has 0 amide bonds. The van der Waals surface area contributed by atoms with Gasteiger partial charge in [0.05, 0.1) is 6.26 Å². The van der Waals surface area contributed by atoms with Crippen LogP contribution in [0.1, 0.15) is 54.5 Å². The average Bonchev–Trinajstić information content (AvgIpc) is 2.93. The molecule has 1 aromatic carbocycles. The summed E-state index contributed by atoms with van der Waals surface area (Å²) >= 11 is 0. The zero-order chi connectivity index (χ0) is 14.2. The van der Waals surface area contributed by atoms with Crippen LogP contribution in [-0.2, 0) is 6.42 Å². The van der Waals surface area contributed by atoms with Gasteiger partial charge in [0.1, 0.15) is 11.6 Å². The topological polar surface area (TPSA) is 25.2 Å². The number of aryl methyl sites for hydroxylation is 1. The maximum atomic E-state index is 13.8. The van der Waals surface area contributed by atoms with Crippen molar-refractivity contribution in [1.29, 1.82) is 0 Å². The Kier molecular flexibility index (Phi) is 3.30. The van der Waals surface area contributed by atoms with Gasteiger partial charge in [0.25, 0.3) is 0 Å². The van der Waals surface area contributed by atoms with E-state index in [4.69, 9.17) is 4.42 Å². The molecular formula is C18H20FNO. The molecule has 1 aromatic heterocycles. The summed E-state index contributed by atoms with van der Waals surface area (Å²) in [7, 11) is 0. The van der Waals surface area contributed by atoms with E-state index in [2.05, 4.69) is 11.4 Å². The van der Waals surface area contributed by atoms with Crippen molar-refractivity contribution in [1.82, 2.24) is 5.32 Å². The van der Waals surface area contributed by atoms with Crippen LogP contribution in [0.15, 0.2) is 41.0 Å². The molecule has 1 heterocycles. The second-order valence-corrected chi connectivity index (χ2v) is 6.30. The molecule has 1 atom stereocenters. The lowest BCUT2D eigenvalue weighted by molar-refractivity contribution is 0.248. The van der Waals surface area contributed by atoms with Gasteiger partial charge >= 0.3 is 0 Å². The molecule has 0 saturated heterocycles. The molecule has 0 spiro atoms. The van der Waals surface area contributed by atoms with Crippen LogP contribution in [0.25, 0.3) is 0 Å². The summed E-state index contributed by atoms with van der Waals surface area (Å²) < 4.78 is 19.3. The van der Waals surface area contributed by atoms with Gasteiger partial charge in [0.2, 0.25) is 0 Å². The van der Waals surface area contributed by atoms with E-state index in [1.165, 1.54) is 18.4 Å². The van der Waals surface area contributed by atoms with Gasteiger partial charge in [0.15, 0.2) is 0 Å². The number of nitrogens with one attached hydrogen (secondary N) is 1. The number of fused-ring (bicyclic) bond motifs is 1. The quantitative estimate of drug-likeness (QED) is 0.908. The third-order valence-corrected chi connectivity index (χ3v) is 4.97. The van der Waals surface area contributed by atoms with Crippen molar-refractivity contribution in [2.45, 2.75) is 50.1 Å². The van der Waals surface area contributed by atoms with Crippen LogP contribution in [0.4, 0.5) is 4.39 Å². The van der Waals surface area contributed by atoms with Gasteiger partial charge in [-0.1, -0.05) is 18.2 Å². The van der Waals surface area contributed by atoms with Crippen LogP contribution in [-0.4, -0.2) is 6.04 Å². The van der Waals surface area contributed by atoms with Gasteiger partial charge in [0, 0.05) is 24.1 Å². The molecule has 3 heteroatoms. The Hall–Kier alpha value is -1.61. The number of benzene rings is 1. The minimum atomic E-state index is -0.0595. The monoisotopic (exact) mass is 285 g/mol. The van der Waals surface area contributed by atoms with Gasteiger partial charge in [-0.25, -0.2) is 4.39 Å². The van der Waals surface area contributed by atoms with Crippen LogP contribution in [0.3, 0.4) is 0 Å². The predicted octanol–water partition coefficient (Wildman–Crippen LogP) is 4.33. The molecule has 2 aromatic rings. The maximum Gasteiger partial charge on any atom is 0.126 e. The first-order valence-electron chi connectivity index (χ1n) is 7.88. The Bertz CT molecular complexity index is 630. The number of hydrogen-bond donors (Lipinski definition) is 1. The van der Waals surface area contributed by atoms with E-state index >= 15 is 0 Å². The van der Waals surface area contributed by atoms with Crippen LogP contribution in [0.2, 0.25) is 0 Å². The second-order valence-electron chi connectivity index (χ2n) is 6.30. The number of rotatable bonds is 3. The lowest BCUT2D eigenvalue weighted by Crippen LogP contribution is -2.42. The summed E-state index contributed by atoms with van der Waals surface area (Å²) in [5.74, 6) is 1.45. The van der Waals surface area contributed by atoms with Crippen molar-refractivity contribution in [3.05, 3.63) is 59.3 Å². The molecule has 0 radical (unpaired) electrons. The van der Waals surface area contributed by atoms with E-state index < -0.39 is 0 Å². The average molecular weight is 285 g/mol. The molecule has 0 aliphatic heterocycles. The molecule has 1 fully saturated rings. The Morgan fingerprint density at radius 1 is 1.10 bits per heavy atom. The Morgan fingerprint density at radius 2 is 1.95 bits per heavy atom. The van der Waals surface area contributed by atoms with Gasteiger partial charge in [-0.15, -0.1) is 0 Å². The molecule has 1 saturated carbocycles. The van der Waals surface area contributed by atoms with Gasteiger partial charge in [-0.05, 0) is 49.3 Å². The SMILES string of the molecule is Fc1ccccc1C1CC(NC2CCCc3occc32)C1. The first-order chi connectivity index (χ1) is 10.3. The zero-order valence-corrected chi connectivity index (χ0v) is 12.0. The Labute approximate surface area is 124 Å². The van der Waals surface area contributed by atoms with Crippen LogP contribution < -0.4 is 5.32 Å². The molecule has 110 valence electrons. The Morgan fingerprint density at radius 3 is 2.81 bits per heavy atom. The van der Waals surface area contributed by atoms with Crippen molar-refractivity contribution in [2.75, 3.05) is 0 Å². The third-order valence-electron chi connectivity index (χ3n) is 4.97. The molecule has 0 bridgehead atoms. The first-order valence-corrected chi connectivity index (χ1v) is 7.88. The fourth-order valence-corrected chi connectivity index (χ4v) is 3.76. The van der Waals surface area contributed by atoms with E-state index in [1.807, 2.05) is 12.1 Å². The molecule has 2 aliphatic carbocycles. The van der Waals surface area contributed by atoms with E-state index in [9.17, 15) is 4.39 Å². The minimum absolute atomic E-state index is 0.0595. The van der Waals surface area contributed by atoms with Crippen molar-refractivity contribution >= 4 is 0 Å². The van der Waals surface area contributed by atoms with Gasteiger partial charge in [-0.2, -0.15) is 0 Å².